The number of amides is 2. The Hall–Kier alpha value is -4.04. The molecule has 4 rings (SSSR count). The van der Waals surface area contributed by atoms with E-state index < -0.39 is 17.9 Å². The molecule has 37 heavy (non-hydrogen) atoms. The standard InChI is InChI=1S/C29H29N3O4S/c33-25(36-19-16-21-10-4-1-5-11-21)20-24-27(34)30-17-18-32(24)29(37)31-28(35)26(22-12-6-2-7-13-22)23-14-8-3-9-15-23/h1-15,24,26H,16-20H2,(H,30,34)(H,31,35,37). The molecule has 7 nitrogen and oxygen atoms in total. The average molecular weight is 516 g/mol. The number of nitrogens with zero attached hydrogens (tertiary/aromatic N) is 1. The van der Waals surface area contributed by atoms with Crippen molar-refractivity contribution in [3.63, 3.8) is 0 Å². The second-order valence-electron chi connectivity index (χ2n) is 8.71. The maximum Gasteiger partial charge on any atom is 0.308 e. The molecule has 2 amide bonds. The first-order valence-corrected chi connectivity index (χ1v) is 12.6. The minimum Gasteiger partial charge on any atom is -0.465 e. The van der Waals surface area contributed by atoms with Gasteiger partial charge in [0.25, 0.3) is 0 Å². The van der Waals surface area contributed by atoms with Crippen LogP contribution in [-0.4, -0.2) is 53.5 Å². The van der Waals surface area contributed by atoms with Gasteiger partial charge < -0.3 is 20.3 Å². The van der Waals surface area contributed by atoms with Crippen LogP contribution >= 0.6 is 12.2 Å². The van der Waals surface area contributed by atoms with E-state index >= 15 is 0 Å². The maximum absolute atomic E-state index is 13.5. The summed E-state index contributed by atoms with van der Waals surface area (Å²) in [7, 11) is 0. The number of benzene rings is 3. The van der Waals surface area contributed by atoms with Gasteiger partial charge in [0.05, 0.1) is 18.9 Å². The van der Waals surface area contributed by atoms with Crippen LogP contribution in [0, 0.1) is 0 Å². The summed E-state index contributed by atoms with van der Waals surface area (Å²) < 4.78 is 5.38. The van der Waals surface area contributed by atoms with Crippen LogP contribution in [0.4, 0.5) is 0 Å². The zero-order chi connectivity index (χ0) is 26.0. The molecule has 0 aliphatic carbocycles. The summed E-state index contributed by atoms with van der Waals surface area (Å²) in [6.07, 6.45) is 0.416. The summed E-state index contributed by atoms with van der Waals surface area (Å²) in [5.41, 5.74) is 2.70. The lowest BCUT2D eigenvalue weighted by Crippen LogP contribution is -2.60. The van der Waals surface area contributed by atoms with E-state index in [1.165, 1.54) is 0 Å². The monoisotopic (exact) mass is 515 g/mol. The highest BCUT2D eigenvalue weighted by Gasteiger charge is 2.35. The van der Waals surface area contributed by atoms with Crippen LogP contribution in [0.1, 0.15) is 29.0 Å². The van der Waals surface area contributed by atoms with Crippen LogP contribution in [0.25, 0.3) is 0 Å². The summed E-state index contributed by atoms with van der Waals surface area (Å²) in [4.78, 5) is 40.3. The Morgan fingerprint density at radius 2 is 1.51 bits per heavy atom. The first-order valence-electron chi connectivity index (χ1n) is 12.2. The lowest BCUT2D eigenvalue weighted by atomic mass is 9.90. The largest absolute Gasteiger partial charge is 0.465 e. The van der Waals surface area contributed by atoms with Crippen molar-refractivity contribution in [2.24, 2.45) is 0 Å². The summed E-state index contributed by atoms with van der Waals surface area (Å²) in [6.45, 7) is 0.942. The number of carbonyl (C=O) groups excluding carboxylic acids is 3. The second-order valence-corrected chi connectivity index (χ2v) is 9.10. The molecule has 1 aliphatic rings. The Morgan fingerprint density at radius 1 is 0.946 bits per heavy atom. The molecule has 3 aromatic carbocycles. The molecule has 0 spiro atoms. The molecule has 1 fully saturated rings. The lowest BCUT2D eigenvalue weighted by Gasteiger charge is -2.36. The van der Waals surface area contributed by atoms with E-state index in [2.05, 4.69) is 10.6 Å². The Morgan fingerprint density at radius 3 is 2.11 bits per heavy atom. The number of rotatable bonds is 8. The third-order valence-electron chi connectivity index (χ3n) is 6.21. The van der Waals surface area contributed by atoms with Crippen molar-refractivity contribution in [3.05, 3.63) is 108 Å². The third-order valence-corrected chi connectivity index (χ3v) is 6.54. The fourth-order valence-corrected chi connectivity index (χ4v) is 4.66. The molecule has 8 heteroatoms. The first-order chi connectivity index (χ1) is 18.0. The molecule has 0 aromatic heterocycles. The molecule has 3 aromatic rings. The van der Waals surface area contributed by atoms with Crippen molar-refractivity contribution >= 4 is 35.1 Å². The molecular formula is C29H29N3O4S. The van der Waals surface area contributed by atoms with Gasteiger partial charge in [-0.15, -0.1) is 0 Å². The highest BCUT2D eigenvalue weighted by molar-refractivity contribution is 7.80. The van der Waals surface area contributed by atoms with E-state index in [0.29, 0.717) is 19.5 Å². The third kappa shape index (κ3) is 7.01. The van der Waals surface area contributed by atoms with Gasteiger partial charge in [-0.1, -0.05) is 91.0 Å². The molecule has 190 valence electrons. The van der Waals surface area contributed by atoms with Crippen molar-refractivity contribution in [2.45, 2.75) is 24.8 Å². The SMILES string of the molecule is O=C(CC1C(=O)NCCN1C(=S)NC(=O)C(c1ccccc1)c1ccccc1)OCCc1ccccc1. The van der Waals surface area contributed by atoms with E-state index in [1.54, 1.807) is 4.90 Å². The van der Waals surface area contributed by atoms with Gasteiger partial charge in [0.15, 0.2) is 5.11 Å². The molecule has 0 radical (unpaired) electrons. The van der Waals surface area contributed by atoms with Crippen LogP contribution in [0.3, 0.4) is 0 Å². The molecule has 0 saturated carbocycles. The fourth-order valence-electron chi connectivity index (χ4n) is 4.34. The zero-order valence-corrected chi connectivity index (χ0v) is 21.2. The number of carbonyl (C=O) groups is 3. The van der Waals surface area contributed by atoms with Crippen LogP contribution in [0.15, 0.2) is 91.0 Å². The molecule has 1 saturated heterocycles. The molecule has 0 bridgehead atoms. The Balaban J connectivity index is 1.41. The van der Waals surface area contributed by atoms with Gasteiger partial charge in [-0.25, -0.2) is 0 Å². The second kappa shape index (κ2) is 12.8. The van der Waals surface area contributed by atoms with Crippen LogP contribution in [-0.2, 0) is 25.5 Å². The van der Waals surface area contributed by atoms with Crippen molar-refractivity contribution in [2.75, 3.05) is 19.7 Å². The topological polar surface area (TPSA) is 87.7 Å². The van der Waals surface area contributed by atoms with Crippen molar-refractivity contribution in [1.82, 2.24) is 15.5 Å². The summed E-state index contributed by atoms with van der Waals surface area (Å²) in [5, 5.41) is 5.70. The van der Waals surface area contributed by atoms with Gasteiger partial charge in [0, 0.05) is 19.5 Å². The van der Waals surface area contributed by atoms with Gasteiger partial charge in [0.1, 0.15) is 6.04 Å². The normalized spacial score (nSPS) is 15.1. The predicted octanol–water partition coefficient (Wildman–Crippen LogP) is 3.20. The van der Waals surface area contributed by atoms with Crippen LogP contribution in [0.2, 0.25) is 0 Å². The van der Waals surface area contributed by atoms with Crippen molar-refractivity contribution < 1.29 is 19.1 Å². The highest BCUT2D eigenvalue weighted by atomic mass is 32.1. The van der Waals surface area contributed by atoms with Gasteiger partial charge in [0.2, 0.25) is 11.8 Å². The van der Waals surface area contributed by atoms with E-state index in [-0.39, 0.29) is 30.0 Å². The smallest absolute Gasteiger partial charge is 0.308 e. The molecule has 1 unspecified atom stereocenters. The summed E-state index contributed by atoms with van der Waals surface area (Å²) in [5.74, 6) is -1.72. The average Bonchev–Trinajstić information content (AvgIpc) is 2.92. The predicted molar refractivity (Wildman–Crippen MR) is 145 cm³/mol. The number of hydrogen-bond acceptors (Lipinski definition) is 5. The van der Waals surface area contributed by atoms with Crippen molar-refractivity contribution in [1.29, 1.82) is 0 Å². The van der Waals surface area contributed by atoms with Crippen LogP contribution < -0.4 is 10.6 Å². The van der Waals surface area contributed by atoms with Gasteiger partial charge in [-0.3, -0.25) is 14.4 Å². The van der Waals surface area contributed by atoms with E-state index in [0.717, 1.165) is 16.7 Å². The van der Waals surface area contributed by atoms with Gasteiger partial charge in [-0.2, -0.15) is 0 Å². The molecule has 1 atom stereocenters. The summed E-state index contributed by atoms with van der Waals surface area (Å²) in [6, 6.07) is 27.7. The maximum atomic E-state index is 13.5. The van der Waals surface area contributed by atoms with E-state index in [1.807, 2.05) is 91.0 Å². The number of esters is 1. The fraction of sp³-hybridized carbons (Fsp3) is 0.241. The number of nitrogens with one attached hydrogen (secondary N) is 2. The van der Waals surface area contributed by atoms with Gasteiger partial charge in [-0.05, 0) is 28.9 Å². The summed E-state index contributed by atoms with van der Waals surface area (Å²) >= 11 is 5.57. The highest BCUT2D eigenvalue weighted by Crippen LogP contribution is 2.25. The number of thiocarbonyl (C=S) groups is 1. The first kappa shape index (κ1) is 26.0. The van der Waals surface area contributed by atoms with Crippen molar-refractivity contribution in [3.8, 4) is 0 Å². The Kier molecular flexibility index (Phi) is 8.99. The molecular weight excluding hydrogens is 486 g/mol. The van der Waals surface area contributed by atoms with Crippen LogP contribution in [0.5, 0.6) is 0 Å². The van der Waals surface area contributed by atoms with E-state index in [4.69, 9.17) is 17.0 Å². The quantitative estimate of drug-likeness (QED) is 0.354. The van der Waals surface area contributed by atoms with E-state index in [9.17, 15) is 14.4 Å². The number of ether oxygens (including phenoxy) is 1. The minimum atomic E-state index is -0.863. The zero-order valence-electron chi connectivity index (χ0n) is 20.3. The number of hydrogen-bond donors (Lipinski definition) is 2. The minimum absolute atomic E-state index is 0.110. The van der Waals surface area contributed by atoms with Gasteiger partial charge >= 0.3 is 5.97 Å². The lowest BCUT2D eigenvalue weighted by molar-refractivity contribution is -0.147. The molecule has 2 N–H and O–H groups in total. The molecule has 1 heterocycles. The molecule has 1 aliphatic heterocycles. The Bertz CT molecular complexity index is 1180. The number of piperazine rings is 1. The Labute approximate surface area is 221 Å².